The van der Waals surface area contributed by atoms with Crippen LogP contribution in [0.25, 0.3) is 11.4 Å². The highest BCUT2D eigenvalue weighted by molar-refractivity contribution is 7.98. The van der Waals surface area contributed by atoms with E-state index in [2.05, 4.69) is 10.1 Å². The Morgan fingerprint density at radius 3 is 2.20 bits per heavy atom. The number of hydrogen-bond acceptors (Lipinski definition) is 6. The average Bonchev–Trinajstić information content (AvgIpc) is 3.23. The monoisotopic (exact) mass is 440 g/mol. The van der Waals surface area contributed by atoms with Gasteiger partial charge in [0.2, 0.25) is 11.7 Å². The van der Waals surface area contributed by atoms with Crippen LogP contribution in [0, 0.1) is 0 Å². The van der Waals surface area contributed by atoms with Crippen molar-refractivity contribution < 1.29 is 4.52 Å². The standard InChI is InChI=1S/C21H17ClN4O3S/c1-30-17-8-4-15(5-9-17)19-23-18(29-24-19)13-26-11-10-25(20(27)21(26)28)12-14-2-6-16(22)7-3-14/h2-11H,12-13H2,1H3. The first kappa shape index (κ1) is 20.2. The summed E-state index contributed by atoms with van der Waals surface area (Å²) in [6, 6.07) is 14.9. The topological polar surface area (TPSA) is 82.9 Å². The van der Waals surface area contributed by atoms with Gasteiger partial charge in [-0.1, -0.05) is 28.9 Å². The smallest absolute Gasteiger partial charge is 0.316 e. The highest BCUT2D eigenvalue weighted by Gasteiger charge is 2.12. The third-order valence-corrected chi connectivity index (χ3v) is 5.51. The van der Waals surface area contributed by atoms with Gasteiger partial charge >= 0.3 is 11.1 Å². The van der Waals surface area contributed by atoms with E-state index in [1.807, 2.05) is 42.7 Å². The van der Waals surface area contributed by atoms with E-state index in [-0.39, 0.29) is 19.0 Å². The van der Waals surface area contributed by atoms with Gasteiger partial charge in [-0.25, -0.2) is 0 Å². The zero-order chi connectivity index (χ0) is 21.1. The molecule has 4 rings (SSSR count). The summed E-state index contributed by atoms with van der Waals surface area (Å²) < 4.78 is 7.88. The van der Waals surface area contributed by atoms with Crippen LogP contribution in [0.4, 0.5) is 0 Å². The van der Waals surface area contributed by atoms with Gasteiger partial charge in [0.1, 0.15) is 6.54 Å². The second-order valence-corrected chi connectivity index (χ2v) is 7.85. The Morgan fingerprint density at radius 2 is 1.57 bits per heavy atom. The molecule has 7 nitrogen and oxygen atoms in total. The number of halogens is 1. The van der Waals surface area contributed by atoms with Crippen molar-refractivity contribution in [3.63, 3.8) is 0 Å². The number of hydrogen-bond donors (Lipinski definition) is 0. The number of nitrogens with zero attached hydrogens (tertiary/aromatic N) is 4. The molecule has 152 valence electrons. The van der Waals surface area contributed by atoms with E-state index in [0.29, 0.717) is 10.8 Å². The summed E-state index contributed by atoms with van der Waals surface area (Å²) in [5.41, 5.74) is 0.400. The molecule has 0 aliphatic rings. The maximum atomic E-state index is 12.5. The lowest BCUT2D eigenvalue weighted by Crippen LogP contribution is -2.40. The summed E-state index contributed by atoms with van der Waals surface area (Å²) in [5, 5.41) is 4.58. The van der Waals surface area contributed by atoms with Crippen molar-refractivity contribution in [3.05, 3.63) is 98.1 Å². The van der Waals surface area contributed by atoms with Crippen molar-refractivity contribution in [2.24, 2.45) is 0 Å². The summed E-state index contributed by atoms with van der Waals surface area (Å²) in [7, 11) is 0. The fraction of sp³-hybridized carbons (Fsp3) is 0.143. The molecule has 2 heterocycles. The van der Waals surface area contributed by atoms with E-state index in [1.165, 1.54) is 15.3 Å². The second-order valence-electron chi connectivity index (χ2n) is 6.53. The van der Waals surface area contributed by atoms with E-state index in [4.69, 9.17) is 16.1 Å². The Bertz CT molecular complexity index is 1280. The van der Waals surface area contributed by atoms with Gasteiger partial charge in [-0.2, -0.15) is 4.98 Å². The number of rotatable bonds is 6. The maximum Gasteiger partial charge on any atom is 0.316 e. The molecular formula is C21H17ClN4O3S. The van der Waals surface area contributed by atoms with Crippen molar-refractivity contribution in [1.29, 1.82) is 0 Å². The SMILES string of the molecule is CSc1ccc(-c2noc(Cn3ccn(Cc4ccc(Cl)cc4)c(=O)c3=O)n2)cc1. The number of benzene rings is 2. The van der Waals surface area contributed by atoms with Crippen LogP contribution in [0.3, 0.4) is 0 Å². The van der Waals surface area contributed by atoms with Gasteiger partial charge in [0.15, 0.2) is 0 Å². The fourth-order valence-corrected chi connectivity index (χ4v) is 3.43. The minimum absolute atomic E-state index is 0.0196. The normalized spacial score (nSPS) is 11.0. The fourth-order valence-electron chi connectivity index (χ4n) is 2.90. The Kier molecular flexibility index (Phi) is 5.87. The van der Waals surface area contributed by atoms with Crippen LogP contribution in [-0.4, -0.2) is 25.5 Å². The van der Waals surface area contributed by atoms with Crippen molar-refractivity contribution >= 4 is 23.4 Å². The van der Waals surface area contributed by atoms with Crippen LogP contribution >= 0.6 is 23.4 Å². The average molecular weight is 441 g/mol. The van der Waals surface area contributed by atoms with Crippen LogP contribution < -0.4 is 11.1 Å². The Hall–Kier alpha value is -3.10. The number of thioether (sulfide) groups is 1. The summed E-state index contributed by atoms with van der Waals surface area (Å²) in [6.45, 7) is 0.300. The summed E-state index contributed by atoms with van der Waals surface area (Å²) >= 11 is 7.53. The molecule has 0 aliphatic carbocycles. The van der Waals surface area contributed by atoms with Crippen molar-refractivity contribution in [2.45, 2.75) is 18.0 Å². The first-order valence-electron chi connectivity index (χ1n) is 9.05. The predicted octanol–water partition coefficient (Wildman–Crippen LogP) is 3.53. The van der Waals surface area contributed by atoms with E-state index in [1.54, 1.807) is 30.1 Å². The zero-order valence-corrected chi connectivity index (χ0v) is 17.6. The summed E-state index contributed by atoms with van der Waals surface area (Å²) in [6.07, 6.45) is 5.11. The molecule has 0 unspecified atom stereocenters. The molecule has 0 N–H and O–H groups in total. The molecule has 2 aromatic carbocycles. The van der Waals surface area contributed by atoms with Crippen LogP contribution in [0.5, 0.6) is 0 Å². The van der Waals surface area contributed by atoms with Gasteiger partial charge in [0.25, 0.3) is 0 Å². The van der Waals surface area contributed by atoms with Crippen molar-refractivity contribution in [2.75, 3.05) is 6.26 Å². The molecule has 0 aliphatic heterocycles. The Morgan fingerprint density at radius 1 is 0.933 bits per heavy atom. The molecule has 0 atom stereocenters. The lowest BCUT2D eigenvalue weighted by atomic mass is 10.2. The van der Waals surface area contributed by atoms with Crippen LogP contribution in [0.15, 0.2) is 79.9 Å². The molecule has 0 radical (unpaired) electrons. The summed E-state index contributed by atoms with van der Waals surface area (Å²) in [5.74, 6) is 0.678. The van der Waals surface area contributed by atoms with Crippen LogP contribution in [0.1, 0.15) is 11.5 Å². The van der Waals surface area contributed by atoms with Crippen molar-refractivity contribution in [3.8, 4) is 11.4 Å². The molecule has 0 spiro atoms. The summed E-state index contributed by atoms with van der Waals surface area (Å²) in [4.78, 5) is 30.4. The quantitative estimate of drug-likeness (QED) is 0.337. The molecule has 0 fully saturated rings. The van der Waals surface area contributed by atoms with E-state index in [0.717, 1.165) is 16.0 Å². The number of aromatic nitrogens is 4. The Balaban J connectivity index is 1.53. The predicted molar refractivity (Wildman–Crippen MR) is 116 cm³/mol. The highest BCUT2D eigenvalue weighted by Crippen LogP contribution is 2.21. The van der Waals surface area contributed by atoms with Gasteiger partial charge in [-0.05, 0) is 48.2 Å². The minimum atomic E-state index is -0.657. The molecule has 9 heteroatoms. The van der Waals surface area contributed by atoms with Crippen LogP contribution in [0.2, 0.25) is 5.02 Å². The maximum absolute atomic E-state index is 12.5. The second kappa shape index (κ2) is 8.73. The lowest BCUT2D eigenvalue weighted by molar-refractivity contribution is 0.369. The lowest BCUT2D eigenvalue weighted by Gasteiger charge is -2.08. The first-order valence-corrected chi connectivity index (χ1v) is 10.6. The van der Waals surface area contributed by atoms with Gasteiger partial charge in [0.05, 0.1) is 6.54 Å². The van der Waals surface area contributed by atoms with Gasteiger partial charge < -0.3 is 9.09 Å². The third-order valence-electron chi connectivity index (χ3n) is 4.52. The minimum Gasteiger partial charge on any atom is -0.337 e. The first-order chi connectivity index (χ1) is 14.5. The van der Waals surface area contributed by atoms with E-state index in [9.17, 15) is 9.59 Å². The highest BCUT2D eigenvalue weighted by atomic mass is 35.5. The molecule has 0 saturated heterocycles. The van der Waals surface area contributed by atoms with E-state index < -0.39 is 11.1 Å². The van der Waals surface area contributed by atoms with Gasteiger partial charge in [-0.15, -0.1) is 11.8 Å². The Labute approximate surface area is 180 Å². The van der Waals surface area contributed by atoms with Crippen LogP contribution in [-0.2, 0) is 13.1 Å². The van der Waals surface area contributed by atoms with E-state index >= 15 is 0 Å². The molecule has 30 heavy (non-hydrogen) atoms. The van der Waals surface area contributed by atoms with Gasteiger partial charge in [-0.3, -0.25) is 14.2 Å². The molecule has 0 amide bonds. The molecule has 0 saturated carbocycles. The van der Waals surface area contributed by atoms with Gasteiger partial charge in [0, 0.05) is 27.9 Å². The van der Waals surface area contributed by atoms with Crippen molar-refractivity contribution in [1.82, 2.24) is 19.3 Å². The molecular weight excluding hydrogens is 424 g/mol. The molecule has 2 aromatic heterocycles. The largest absolute Gasteiger partial charge is 0.337 e. The third kappa shape index (κ3) is 4.39. The zero-order valence-electron chi connectivity index (χ0n) is 16.0. The molecule has 0 bridgehead atoms. The molecule has 4 aromatic rings.